The summed E-state index contributed by atoms with van der Waals surface area (Å²) in [4.78, 5) is 14.5. The monoisotopic (exact) mass is 254 g/mol. The van der Waals surface area contributed by atoms with Gasteiger partial charge in [-0.15, -0.1) is 0 Å². The number of carbonyl (C=O) groups is 1. The summed E-state index contributed by atoms with van der Waals surface area (Å²) in [5, 5.41) is 9.43. The van der Waals surface area contributed by atoms with Crippen LogP contribution in [-0.4, -0.2) is 41.1 Å². The highest BCUT2D eigenvalue weighted by atomic mass is 16.3. The third-order valence-electron chi connectivity index (χ3n) is 4.94. The van der Waals surface area contributed by atoms with Crippen LogP contribution in [0.25, 0.3) is 0 Å². The third kappa shape index (κ3) is 2.54. The van der Waals surface area contributed by atoms with Crippen molar-refractivity contribution in [2.75, 3.05) is 13.2 Å². The van der Waals surface area contributed by atoms with Gasteiger partial charge in [-0.25, -0.2) is 0 Å². The first kappa shape index (κ1) is 13.8. The number of carbonyl (C=O) groups excluding carboxylic acids is 1. The average Bonchev–Trinajstić information content (AvgIpc) is 2.73. The van der Waals surface area contributed by atoms with Crippen molar-refractivity contribution in [3.05, 3.63) is 0 Å². The quantitative estimate of drug-likeness (QED) is 0.772. The number of amides is 1. The van der Waals surface area contributed by atoms with Gasteiger partial charge in [-0.2, -0.15) is 0 Å². The molecule has 1 heterocycles. The Balaban J connectivity index is 1.99. The van der Waals surface area contributed by atoms with Gasteiger partial charge in [-0.1, -0.05) is 13.8 Å². The van der Waals surface area contributed by atoms with Crippen molar-refractivity contribution in [1.82, 2.24) is 4.90 Å². The van der Waals surface area contributed by atoms with Crippen LogP contribution in [-0.2, 0) is 4.79 Å². The van der Waals surface area contributed by atoms with Crippen LogP contribution in [0.1, 0.15) is 39.5 Å². The van der Waals surface area contributed by atoms with Crippen LogP contribution in [0.3, 0.4) is 0 Å². The van der Waals surface area contributed by atoms with Gasteiger partial charge in [0.2, 0.25) is 5.91 Å². The Morgan fingerprint density at radius 1 is 1.28 bits per heavy atom. The minimum atomic E-state index is 0.0309. The van der Waals surface area contributed by atoms with Crippen LogP contribution in [0.2, 0.25) is 0 Å². The summed E-state index contributed by atoms with van der Waals surface area (Å²) < 4.78 is 0. The third-order valence-corrected chi connectivity index (χ3v) is 4.94. The molecule has 4 heteroatoms. The molecule has 1 saturated carbocycles. The summed E-state index contributed by atoms with van der Waals surface area (Å²) in [6.45, 7) is 5.16. The lowest BCUT2D eigenvalue weighted by Gasteiger charge is -2.35. The van der Waals surface area contributed by atoms with Gasteiger partial charge >= 0.3 is 0 Å². The van der Waals surface area contributed by atoms with Gasteiger partial charge in [0.25, 0.3) is 0 Å². The summed E-state index contributed by atoms with van der Waals surface area (Å²) in [6, 6.07) is 0.281. The summed E-state index contributed by atoms with van der Waals surface area (Å²) >= 11 is 0. The Morgan fingerprint density at radius 3 is 2.61 bits per heavy atom. The van der Waals surface area contributed by atoms with Gasteiger partial charge in [0, 0.05) is 18.5 Å². The number of rotatable bonds is 2. The van der Waals surface area contributed by atoms with Crippen molar-refractivity contribution >= 4 is 5.91 Å². The van der Waals surface area contributed by atoms with E-state index in [0.29, 0.717) is 11.8 Å². The van der Waals surface area contributed by atoms with Gasteiger partial charge in [-0.05, 0) is 37.5 Å². The minimum absolute atomic E-state index is 0.0309. The van der Waals surface area contributed by atoms with E-state index in [1.54, 1.807) is 0 Å². The lowest BCUT2D eigenvalue weighted by atomic mass is 9.78. The van der Waals surface area contributed by atoms with E-state index in [1.807, 2.05) is 4.90 Å². The molecule has 3 N–H and O–H groups in total. The van der Waals surface area contributed by atoms with Crippen LogP contribution >= 0.6 is 0 Å². The molecule has 18 heavy (non-hydrogen) atoms. The highest BCUT2D eigenvalue weighted by molar-refractivity contribution is 5.79. The molecule has 1 aliphatic heterocycles. The fraction of sp³-hybridized carbons (Fsp3) is 0.929. The van der Waals surface area contributed by atoms with Gasteiger partial charge in [0.15, 0.2) is 0 Å². The second kappa shape index (κ2) is 5.57. The minimum Gasteiger partial charge on any atom is -0.394 e. The lowest BCUT2D eigenvalue weighted by Crippen LogP contribution is -2.46. The number of hydrogen-bond acceptors (Lipinski definition) is 3. The lowest BCUT2D eigenvalue weighted by molar-refractivity contribution is -0.139. The Kier molecular flexibility index (Phi) is 4.28. The zero-order valence-electron chi connectivity index (χ0n) is 11.5. The van der Waals surface area contributed by atoms with Crippen molar-refractivity contribution in [2.45, 2.75) is 51.6 Å². The highest BCUT2D eigenvalue weighted by Gasteiger charge is 2.38. The van der Waals surface area contributed by atoms with Crippen LogP contribution in [0, 0.1) is 17.8 Å². The Labute approximate surface area is 110 Å². The molecule has 0 bridgehead atoms. The molecule has 0 aromatic heterocycles. The Bertz CT molecular complexity index is 308. The van der Waals surface area contributed by atoms with Crippen molar-refractivity contribution < 1.29 is 9.90 Å². The SMILES string of the molecule is CC1CC(C(=O)N2CCC(C)C2CO)CCC1N. The van der Waals surface area contributed by atoms with E-state index in [2.05, 4.69) is 13.8 Å². The van der Waals surface area contributed by atoms with E-state index >= 15 is 0 Å². The number of aliphatic hydroxyl groups is 1. The maximum Gasteiger partial charge on any atom is 0.226 e. The molecule has 1 saturated heterocycles. The predicted molar refractivity (Wildman–Crippen MR) is 70.8 cm³/mol. The first-order valence-corrected chi connectivity index (χ1v) is 7.21. The highest BCUT2D eigenvalue weighted by Crippen LogP contribution is 2.32. The molecule has 1 amide bonds. The van der Waals surface area contributed by atoms with Crippen molar-refractivity contribution in [1.29, 1.82) is 0 Å². The Morgan fingerprint density at radius 2 is 2.00 bits per heavy atom. The first-order valence-electron chi connectivity index (χ1n) is 7.21. The molecular formula is C14H26N2O2. The van der Waals surface area contributed by atoms with Gasteiger partial charge in [-0.3, -0.25) is 4.79 Å². The standard InChI is InChI=1S/C14H26N2O2/c1-9-5-6-16(13(9)8-17)14(18)11-3-4-12(15)10(2)7-11/h9-13,17H,3-8,15H2,1-2H3. The topological polar surface area (TPSA) is 66.6 Å². The second-order valence-corrected chi connectivity index (χ2v) is 6.20. The zero-order valence-corrected chi connectivity index (χ0v) is 11.5. The molecule has 2 fully saturated rings. The van der Waals surface area contributed by atoms with E-state index in [0.717, 1.165) is 32.2 Å². The zero-order chi connectivity index (χ0) is 13.3. The molecule has 0 radical (unpaired) electrons. The number of nitrogens with zero attached hydrogens (tertiary/aromatic N) is 1. The molecule has 2 rings (SSSR count). The maximum atomic E-state index is 12.5. The molecule has 4 nitrogen and oxygen atoms in total. The summed E-state index contributed by atoms with van der Waals surface area (Å²) in [6.07, 6.45) is 3.78. The molecule has 5 atom stereocenters. The molecule has 104 valence electrons. The molecule has 5 unspecified atom stereocenters. The smallest absolute Gasteiger partial charge is 0.226 e. The van der Waals surface area contributed by atoms with E-state index < -0.39 is 0 Å². The molecule has 1 aliphatic carbocycles. The van der Waals surface area contributed by atoms with Crippen LogP contribution in [0.15, 0.2) is 0 Å². The molecular weight excluding hydrogens is 228 g/mol. The van der Waals surface area contributed by atoms with Crippen LogP contribution in [0.4, 0.5) is 0 Å². The van der Waals surface area contributed by atoms with Crippen LogP contribution in [0.5, 0.6) is 0 Å². The predicted octanol–water partition coefficient (Wildman–Crippen LogP) is 0.979. The maximum absolute atomic E-state index is 12.5. The normalized spacial score (nSPS) is 41.1. The summed E-state index contributed by atoms with van der Waals surface area (Å²) in [5.41, 5.74) is 6.00. The number of nitrogens with two attached hydrogens (primary N) is 1. The average molecular weight is 254 g/mol. The largest absolute Gasteiger partial charge is 0.394 e. The molecule has 0 spiro atoms. The fourth-order valence-electron chi connectivity index (χ4n) is 3.44. The molecule has 0 aromatic carbocycles. The van der Waals surface area contributed by atoms with Crippen molar-refractivity contribution in [3.63, 3.8) is 0 Å². The van der Waals surface area contributed by atoms with Gasteiger partial charge < -0.3 is 15.7 Å². The summed E-state index contributed by atoms with van der Waals surface area (Å²) in [7, 11) is 0. The number of aliphatic hydroxyl groups excluding tert-OH is 1. The van der Waals surface area contributed by atoms with E-state index in [9.17, 15) is 9.90 Å². The molecule has 2 aliphatic rings. The first-order chi connectivity index (χ1) is 8.54. The van der Waals surface area contributed by atoms with Gasteiger partial charge in [0.1, 0.15) is 0 Å². The van der Waals surface area contributed by atoms with Crippen LogP contribution < -0.4 is 5.73 Å². The second-order valence-electron chi connectivity index (χ2n) is 6.20. The number of likely N-dealkylation sites (tertiary alicyclic amines) is 1. The number of hydrogen-bond donors (Lipinski definition) is 2. The molecule has 0 aromatic rings. The summed E-state index contributed by atoms with van der Waals surface area (Å²) in [5.74, 6) is 1.22. The fourth-order valence-corrected chi connectivity index (χ4v) is 3.44. The van der Waals surface area contributed by atoms with E-state index in [1.165, 1.54) is 0 Å². The Hall–Kier alpha value is -0.610. The van der Waals surface area contributed by atoms with E-state index in [-0.39, 0.29) is 30.5 Å². The van der Waals surface area contributed by atoms with Crippen molar-refractivity contribution in [3.8, 4) is 0 Å². The van der Waals surface area contributed by atoms with Gasteiger partial charge in [0.05, 0.1) is 12.6 Å². The van der Waals surface area contributed by atoms with E-state index in [4.69, 9.17) is 5.73 Å². The van der Waals surface area contributed by atoms with Crippen molar-refractivity contribution in [2.24, 2.45) is 23.5 Å².